The number of anilines is 2. The zero-order valence-electron chi connectivity index (χ0n) is 11.4. The first-order valence-corrected chi connectivity index (χ1v) is 6.61. The summed E-state index contributed by atoms with van der Waals surface area (Å²) in [7, 11) is 0. The molecule has 1 aliphatic heterocycles. The Bertz CT molecular complexity index is 724. The van der Waals surface area contributed by atoms with Crippen LogP contribution in [0.25, 0.3) is 0 Å². The number of carbonyl (C=O) groups excluding carboxylic acids is 2. The second-order valence-electron chi connectivity index (χ2n) is 4.52. The summed E-state index contributed by atoms with van der Waals surface area (Å²) in [5, 5.41) is 3.19. The zero-order chi connectivity index (χ0) is 14.8. The van der Waals surface area contributed by atoms with E-state index >= 15 is 0 Å². The molecule has 2 aromatic carbocycles. The molecular formula is C16H13NO4. The van der Waals surface area contributed by atoms with E-state index in [1.807, 2.05) is 18.2 Å². The Morgan fingerprint density at radius 1 is 1.10 bits per heavy atom. The monoisotopic (exact) mass is 283 g/mol. The van der Waals surface area contributed by atoms with Crippen molar-refractivity contribution in [3.63, 3.8) is 0 Å². The highest BCUT2D eigenvalue weighted by Crippen LogP contribution is 2.43. The van der Waals surface area contributed by atoms with Crippen LogP contribution in [0.15, 0.2) is 42.5 Å². The number of hydrogen-bond donors (Lipinski definition) is 1. The predicted octanol–water partition coefficient (Wildman–Crippen LogP) is 3.63. The normalized spacial score (nSPS) is 11.5. The number of fused-ring (bicyclic) bond motifs is 2. The Labute approximate surface area is 121 Å². The van der Waals surface area contributed by atoms with E-state index in [-0.39, 0.29) is 12.0 Å². The number of nitrogens with one attached hydrogen (secondary N) is 1. The highest BCUT2D eigenvalue weighted by atomic mass is 16.6. The molecule has 5 heteroatoms. The molecule has 2 aromatic rings. The van der Waals surface area contributed by atoms with Gasteiger partial charge in [0, 0.05) is 6.42 Å². The maximum Gasteiger partial charge on any atom is 0.349 e. The van der Waals surface area contributed by atoms with E-state index < -0.39 is 11.9 Å². The molecule has 0 saturated heterocycles. The average molecular weight is 283 g/mol. The Balaban J connectivity index is 1.96. The maximum atomic E-state index is 12.0. The third-order valence-corrected chi connectivity index (χ3v) is 3.10. The summed E-state index contributed by atoms with van der Waals surface area (Å²) >= 11 is 0. The van der Waals surface area contributed by atoms with Crippen LogP contribution in [0.5, 0.6) is 11.5 Å². The SMILES string of the molecule is CCC(=O)OC(=O)c1cccc2c1Oc1ccccc1N2. The summed E-state index contributed by atoms with van der Waals surface area (Å²) < 4.78 is 10.5. The summed E-state index contributed by atoms with van der Waals surface area (Å²) in [6.07, 6.45) is 0.142. The van der Waals surface area contributed by atoms with Crippen LogP contribution in [0.2, 0.25) is 0 Å². The van der Waals surface area contributed by atoms with Crippen LogP contribution in [0, 0.1) is 0 Å². The number of ether oxygens (including phenoxy) is 2. The van der Waals surface area contributed by atoms with Crippen LogP contribution in [0.4, 0.5) is 11.4 Å². The molecule has 5 nitrogen and oxygen atoms in total. The molecule has 1 heterocycles. The van der Waals surface area contributed by atoms with Gasteiger partial charge in [-0.05, 0) is 24.3 Å². The fourth-order valence-corrected chi connectivity index (χ4v) is 2.05. The van der Waals surface area contributed by atoms with Gasteiger partial charge >= 0.3 is 11.9 Å². The molecule has 0 unspecified atom stereocenters. The van der Waals surface area contributed by atoms with Crippen molar-refractivity contribution in [2.24, 2.45) is 0 Å². The topological polar surface area (TPSA) is 64.6 Å². The number of para-hydroxylation sites is 3. The van der Waals surface area contributed by atoms with Gasteiger partial charge in [0.25, 0.3) is 0 Å². The molecular weight excluding hydrogens is 270 g/mol. The fourth-order valence-electron chi connectivity index (χ4n) is 2.05. The van der Waals surface area contributed by atoms with Gasteiger partial charge in [0.2, 0.25) is 0 Å². The molecule has 0 amide bonds. The van der Waals surface area contributed by atoms with Crippen molar-refractivity contribution in [3.05, 3.63) is 48.0 Å². The average Bonchev–Trinajstić information content (AvgIpc) is 2.52. The van der Waals surface area contributed by atoms with E-state index in [1.54, 1.807) is 31.2 Å². The minimum atomic E-state index is -0.708. The molecule has 1 N–H and O–H groups in total. The molecule has 0 saturated carbocycles. The van der Waals surface area contributed by atoms with E-state index in [2.05, 4.69) is 5.32 Å². The summed E-state index contributed by atoms with van der Waals surface area (Å²) in [6.45, 7) is 1.63. The lowest BCUT2D eigenvalue weighted by molar-refractivity contribution is -0.137. The molecule has 0 atom stereocenters. The van der Waals surface area contributed by atoms with Gasteiger partial charge in [-0.1, -0.05) is 25.1 Å². The molecule has 0 fully saturated rings. The first-order chi connectivity index (χ1) is 10.2. The van der Waals surface area contributed by atoms with Crippen molar-refractivity contribution >= 4 is 23.3 Å². The van der Waals surface area contributed by atoms with E-state index in [1.165, 1.54) is 0 Å². The van der Waals surface area contributed by atoms with Crippen LogP contribution in [-0.4, -0.2) is 11.9 Å². The predicted molar refractivity (Wildman–Crippen MR) is 77.0 cm³/mol. The lowest BCUT2D eigenvalue weighted by atomic mass is 10.1. The van der Waals surface area contributed by atoms with Crippen molar-refractivity contribution in [2.45, 2.75) is 13.3 Å². The summed E-state index contributed by atoms with van der Waals surface area (Å²) in [5.74, 6) is -0.293. The third kappa shape index (κ3) is 2.45. The third-order valence-electron chi connectivity index (χ3n) is 3.10. The summed E-state index contributed by atoms with van der Waals surface area (Å²) in [4.78, 5) is 23.3. The largest absolute Gasteiger partial charge is 0.452 e. The van der Waals surface area contributed by atoms with E-state index in [0.717, 1.165) is 5.69 Å². The minimum absolute atomic E-state index is 0.142. The quantitative estimate of drug-likeness (QED) is 0.574. The molecule has 0 radical (unpaired) electrons. The van der Waals surface area contributed by atoms with Crippen LogP contribution in [0.3, 0.4) is 0 Å². The van der Waals surface area contributed by atoms with Crippen molar-refractivity contribution in [1.82, 2.24) is 0 Å². The Morgan fingerprint density at radius 2 is 1.86 bits per heavy atom. The van der Waals surface area contributed by atoms with Crippen molar-refractivity contribution in [2.75, 3.05) is 5.32 Å². The number of rotatable bonds is 2. The van der Waals surface area contributed by atoms with Gasteiger partial charge in [-0.25, -0.2) is 4.79 Å². The molecule has 1 aliphatic rings. The molecule has 3 rings (SSSR count). The molecule has 0 aliphatic carbocycles. The minimum Gasteiger partial charge on any atom is -0.452 e. The van der Waals surface area contributed by atoms with Gasteiger partial charge in [0.1, 0.15) is 5.56 Å². The van der Waals surface area contributed by atoms with Gasteiger partial charge in [-0.2, -0.15) is 0 Å². The second-order valence-corrected chi connectivity index (χ2v) is 4.52. The number of esters is 2. The van der Waals surface area contributed by atoms with Gasteiger partial charge < -0.3 is 14.8 Å². The van der Waals surface area contributed by atoms with Crippen molar-refractivity contribution in [3.8, 4) is 11.5 Å². The van der Waals surface area contributed by atoms with E-state index in [4.69, 9.17) is 9.47 Å². The van der Waals surface area contributed by atoms with Crippen LogP contribution >= 0.6 is 0 Å². The summed E-state index contributed by atoms with van der Waals surface area (Å²) in [6, 6.07) is 12.5. The first-order valence-electron chi connectivity index (χ1n) is 6.61. The number of carbonyl (C=O) groups is 2. The molecule has 0 spiro atoms. The number of hydrogen-bond acceptors (Lipinski definition) is 5. The van der Waals surface area contributed by atoms with Crippen LogP contribution < -0.4 is 10.1 Å². The van der Waals surface area contributed by atoms with Crippen LogP contribution in [-0.2, 0) is 9.53 Å². The van der Waals surface area contributed by atoms with Crippen molar-refractivity contribution < 1.29 is 19.1 Å². The first kappa shape index (κ1) is 13.2. The zero-order valence-corrected chi connectivity index (χ0v) is 11.4. The van der Waals surface area contributed by atoms with Gasteiger partial charge in [0.15, 0.2) is 11.5 Å². The molecule has 106 valence electrons. The van der Waals surface area contributed by atoms with Crippen molar-refractivity contribution in [1.29, 1.82) is 0 Å². The highest BCUT2D eigenvalue weighted by molar-refractivity contribution is 6.01. The second kappa shape index (κ2) is 5.28. The Hall–Kier alpha value is -2.82. The Kier molecular flexibility index (Phi) is 3.31. The smallest absolute Gasteiger partial charge is 0.349 e. The highest BCUT2D eigenvalue weighted by Gasteiger charge is 2.24. The maximum absolute atomic E-state index is 12.0. The lowest BCUT2D eigenvalue weighted by Crippen LogP contribution is -2.14. The lowest BCUT2D eigenvalue weighted by Gasteiger charge is -2.23. The summed E-state index contributed by atoms with van der Waals surface area (Å²) in [5.41, 5.74) is 1.70. The van der Waals surface area contributed by atoms with E-state index in [9.17, 15) is 9.59 Å². The standard InChI is InChI=1S/C16H13NO4/c1-2-14(18)21-16(19)10-6-5-8-12-15(10)20-13-9-4-3-7-11(13)17-12/h3-9,17H,2H2,1H3. The van der Waals surface area contributed by atoms with Crippen LogP contribution in [0.1, 0.15) is 23.7 Å². The fraction of sp³-hybridized carbons (Fsp3) is 0.125. The van der Waals surface area contributed by atoms with Gasteiger partial charge in [-0.15, -0.1) is 0 Å². The Morgan fingerprint density at radius 3 is 2.67 bits per heavy atom. The molecule has 0 bridgehead atoms. The van der Waals surface area contributed by atoms with E-state index in [0.29, 0.717) is 17.2 Å². The van der Waals surface area contributed by atoms with Gasteiger partial charge in [-0.3, -0.25) is 4.79 Å². The molecule has 21 heavy (non-hydrogen) atoms. The molecule has 0 aromatic heterocycles. The number of benzene rings is 2. The van der Waals surface area contributed by atoms with Gasteiger partial charge in [0.05, 0.1) is 11.4 Å².